The molecule has 21 heavy (non-hydrogen) atoms. The fraction of sp³-hybridized carbons (Fsp3) is 0.800. The Kier molecular flexibility index (Phi) is 6.65. The fourth-order valence-electron chi connectivity index (χ4n) is 2.56. The van der Waals surface area contributed by atoms with Crippen molar-refractivity contribution in [3.8, 4) is 0 Å². The van der Waals surface area contributed by atoms with Crippen molar-refractivity contribution in [2.24, 2.45) is 11.8 Å². The summed E-state index contributed by atoms with van der Waals surface area (Å²) in [4.78, 5) is 36.8. The summed E-state index contributed by atoms with van der Waals surface area (Å²) in [7, 11) is 0. The predicted molar refractivity (Wildman–Crippen MR) is 78.6 cm³/mol. The number of hydrogen-bond donors (Lipinski definition) is 2. The number of carboxylic acid groups (broad SMARTS) is 1. The fourth-order valence-corrected chi connectivity index (χ4v) is 2.56. The number of carboxylic acids is 1. The van der Waals surface area contributed by atoms with E-state index in [4.69, 9.17) is 5.11 Å². The third-order valence-corrected chi connectivity index (χ3v) is 3.86. The van der Waals surface area contributed by atoms with Gasteiger partial charge in [0.1, 0.15) is 6.04 Å². The first-order valence-electron chi connectivity index (χ1n) is 7.68. The molecule has 0 unspecified atom stereocenters. The molecule has 6 heteroatoms. The molecule has 0 aromatic heterocycles. The molecule has 1 aliphatic heterocycles. The van der Waals surface area contributed by atoms with Gasteiger partial charge in [-0.15, -0.1) is 0 Å². The van der Waals surface area contributed by atoms with Crippen LogP contribution in [0.5, 0.6) is 0 Å². The van der Waals surface area contributed by atoms with Crippen LogP contribution >= 0.6 is 0 Å². The zero-order valence-corrected chi connectivity index (χ0v) is 13.1. The molecule has 1 atom stereocenters. The molecule has 0 aromatic carbocycles. The van der Waals surface area contributed by atoms with Gasteiger partial charge in [0.2, 0.25) is 11.8 Å². The first kappa shape index (κ1) is 17.5. The van der Waals surface area contributed by atoms with Crippen LogP contribution < -0.4 is 5.32 Å². The van der Waals surface area contributed by atoms with E-state index in [1.165, 1.54) is 0 Å². The Labute approximate surface area is 125 Å². The van der Waals surface area contributed by atoms with Gasteiger partial charge >= 0.3 is 5.97 Å². The van der Waals surface area contributed by atoms with Crippen LogP contribution in [0.2, 0.25) is 0 Å². The second kappa shape index (κ2) is 8.00. The van der Waals surface area contributed by atoms with Crippen molar-refractivity contribution in [3.05, 3.63) is 0 Å². The highest BCUT2D eigenvalue weighted by Crippen LogP contribution is 2.19. The minimum atomic E-state index is -0.988. The summed E-state index contributed by atoms with van der Waals surface area (Å²) in [5.74, 6) is -1.30. The van der Waals surface area contributed by atoms with Gasteiger partial charge in [0, 0.05) is 24.9 Å². The van der Waals surface area contributed by atoms with Crippen LogP contribution in [-0.4, -0.2) is 46.9 Å². The maximum Gasteiger partial charge on any atom is 0.326 e. The topological polar surface area (TPSA) is 86.7 Å². The lowest BCUT2D eigenvalue weighted by Crippen LogP contribution is -2.48. The molecular formula is C15H26N2O4. The average molecular weight is 298 g/mol. The lowest BCUT2D eigenvalue weighted by Gasteiger charge is -2.32. The predicted octanol–water partition coefficient (Wildman–Crippen LogP) is 1.25. The van der Waals surface area contributed by atoms with Gasteiger partial charge in [-0.1, -0.05) is 27.2 Å². The second-order valence-corrected chi connectivity index (χ2v) is 5.94. The number of carbonyl (C=O) groups is 3. The Hall–Kier alpha value is -1.59. The number of amides is 2. The lowest BCUT2D eigenvalue weighted by molar-refractivity contribution is -0.143. The molecule has 0 radical (unpaired) electrons. The Bertz CT molecular complexity index is 387. The quantitative estimate of drug-likeness (QED) is 0.772. The monoisotopic (exact) mass is 298 g/mol. The van der Waals surface area contributed by atoms with Crippen molar-refractivity contribution in [1.29, 1.82) is 0 Å². The summed E-state index contributed by atoms with van der Waals surface area (Å²) in [6.45, 7) is 6.76. The summed E-state index contributed by atoms with van der Waals surface area (Å²) in [5, 5.41) is 11.7. The van der Waals surface area contributed by atoms with Gasteiger partial charge in [0.05, 0.1) is 0 Å². The zero-order valence-electron chi connectivity index (χ0n) is 13.1. The van der Waals surface area contributed by atoms with E-state index in [1.54, 1.807) is 4.90 Å². The number of piperidine rings is 1. The molecule has 0 aliphatic carbocycles. The van der Waals surface area contributed by atoms with Gasteiger partial charge in [0.15, 0.2) is 0 Å². The Morgan fingerprint density at radius 1 is 1.24 bits per heavy atom. The molecular weight excluding hydrogens is 272 g/mol. The largest absolute Gasteiger partial charge is 0.480 e. The molecule has 120 valence electrons. The van der Waals surface area contributed by atoms with E-state index in [2.05, 4.69) is 5.32 Å². The van der Waals surface area contributed by atoms with Crippen molar-refractivity contribution >= 4 is 17.8 Å². The maximum atomic E-state index is 12.1. The van der Waals surface area contributed by atoms with Crippen molar-refractivity contribution in [2.75, 3.05) is 13.1 Å². The first-order chi connectivity index (χ1) is 9.86. The van der Waals surface area contributed by atoms with Crippen LogP contribution in [0.3, 0.4) is 0 Å². The number of hydrogen-bond acceptors (Lipinski definition) is 3. The van der Waals surface area contributed by atoms with E-state index in [1.807, 2.05) is 20.8 Å². The summed E-state index contributed by atoms with van der Waals surface area (Å²) >= 11 is 0. The Morgan fingerprint density at radius 3 is 2.24 bits per heavy atom. The Balaban J connectivity index is 2.48. The molecule has 0 bridgehead atoms. The van der Waals surface area contributed by atoms with Crippen molar-refractivity contribution in [1.82, 2.24) is 10.2 Å². The van der Waals surface area contributed by atoms with Gasteiger partial charge in [-0.05, 0) is 19.3 Å². The van der Waals surface area contributed by atoms with Gasteiger partial charge in [-0.3, -0.25) is 9.59 Å². The summed E-state index contributed by atoms with van der Waals surface area (Å²) < 4.78 is 0. The summed E-state index contributed by atoms with van der Waals surface area (Å²) in [5.41, 5.74) is 0. The van der Waals surface area contributed by atoms with E-state index in [-0.39, 0.29) is 23.7 Å². The second-order valence-electron chi connectivity index (χ2n) is 5.94. The van der Waals surface area contributed by atoms with Gasteiger partial charge < -0.3 is 15.3 Å². The molecule has 2 amide bonds. The molecule has 1 aliphatic rings. The molecule has 0 aromatic rings. The smallest absolute Gasteiger partial charge is 0.326 e. The van der Waals surface area contributed by atoms with Gasteiger partial charge in [-0.25, -0.2) is 4.79 Å². The van der Waals surface area contributed by atoms with Crippen molar-refractivity contribution in [3.63, 3.8) is 0 Å². The number of carbonyl (C=O) groups excluding carboxylic acids is 2. The van der Waals surface area contributed by atoms with Crippen LogP contribution in [0, 0.1) is 11.8 Å². The van der Waals surface area contributed by atoms with E-state index in [9.17, 15) is 14.4 Å². The average Bonchev–Trinajstić information content (AvgIpc) is 2.45. The number of rotatable bonds is 6. The number of aliphatic carboxylic acids is 1. The van der Waals surface area contributed by atoms with Crippen molar-refractivity contribution < 1.29 is 19.5 Å². The van der Waals surface area contributed by atoms with E-state index >= 15 is 0 Å². The normalized spacial score (nSPS) is 17.6. The summed E-state index contributed by atoms with van der Waals surface area (Å²) in [6.07, 6.45) is 2.34. The van der Waals surface area contributed by atoms with Crippen LogP contribution in [0.1, 0.15) is 46.5 Å². The number of nitrogens with zero attached hydrogens (tertiary/aromatic N) is 1. The summed E-state index contributed by atoms with van der Waals surface area (Å²) in [6, 6.07) is -0.808. The minimum absolute atomic E-state index is 0.0312. The third kappa shape index (κ3) is 5.02. The van der Waals surface area contributed by atoms with Crippen LogP contribution in [0.4, 0.5) is 0 Å². The molecule has 1 saturated heterocycles. The molecule has 0 spiro atoms. The standard InChI is InChI=1S/C15H26N2O4/c1-4-5-12(15(20)21)16-13(18)11-6-8-17(9-7-11)14(19)10(2)3/h10-12H,4-9H2,1-3H3,(H,16,18)(H,20,21)/t12-/m0/s1. The number of likely N-dealkylation sites (tertiary alicyclic amines) is 1. The van der Waals surface area contributed by atoms with E-state index < -0.39 is 12.0 Å². The maximum absolute atomic E-state index is 12.1. The third-order valence-electron chi connectivity index (χ3n) is 3.86. The van der Waals surface area contributed by atoms with E-state index in [0.29, 0.717) is 38.8 Å². The van der Waals surface area contributed by atoms with E-state index in [0.717, 1.165) is 0 Å². The van der Waals surface area contributed by atoms with Gasteiger partial charge in [-0.2, -0.15) is 0 Å². The lowest BCUT2D eigenvalue weighted by atomic mass is 9.94. The highest BCUT2D eigenvalue weighted by molar-refractivity contribution is 5.85. The molecule has 1 rings (SSSR count). The first-order valence-corrected chi connectivity index (χ1v) is 7.68. The van der Waals surface area contributed by atoms with Crippen molar-refractivity contribution in [2.45, 2.75) is 52.5 Å². The van der Waals surface area contributed by atoms with Crippen LogP contribution in [-0.2, 0) is 14.4 Å². The van der Waals surface area contributed by atoms with Crippen LogP contribution in [0.25, 0.3) is 0 Å². The molecule has 1 fully saturated rings. The molecule has 6 nitrogen and oxygen atoms in total. The highest BCUT2D eigenvalue weighted by Gasteiger charge is 2.30. The Morgan fingerprint density at radius 2 is 1.81 bits per heavy atom. The zero-order chi connectivity index (χ0) is 16.0. The highest BCUT2D eigenvalue weighted by atomic mass is 16.4. The molecule has 1 heterocycles. The SMILES string of the molecule is CCC[C@H](NC(=O)C1CCN(C(=O)C(C)C)CC1)C(=O)O. The molecule has 2 N–H and O–H groups in total. The number of nitrogens with one attached hydrogen (secondary N) is 1. The molecule has 0 saturated carbocycles. The van der Waals surface area contributed by atoms with Crippen LogP contribution in [0.15, 0.2) is 0 Å². The minimum Gasteiger partial charge on any atom is -0.480 e. The van der Waals surface area contributed by atoms with Gasteiger partial charge in [0.25, 0.3) is 0 Å².